The summed E-state index contributed by atoms with van der Waals surface area (Å²) in [4.78, 5) is 4.43. The van der Waals surface area contributed by atoms with Gasteiger partial charge in [0.2, 0.25) is 0 Å². The number of rotatable bonds is 1. The molecular weight excluding hydrogens is 217 g/mol. The second kappa shape index (κ2) is 3.59. The third-order valence-electron chi connectivity index (χ3n) is 2.65. The van der Waals surface area contributed by atoms with Gasteiger partial charge in [-0.05, 0) is 36.4 Å². The normalized spacial score (nSPS) is 10.9. The van der Waals surface area contributed by atoms with Crippen LogP contribution < -0.4 is 5.73 Å². The maximum atomic E-state index is 12.8. The van der Waals surface area contributed by atoms with E-state index in [0.717, 1.165) is 11.3 Å². The highest BCUT2D eigenvalue weighted by atomic mass is 19.1. The molecule has 0 spiro atoms. The number of benzene rings is 1. The predicted molar refractivity (Wildman–Crippen MR) is 65.0 cm³/mol. The highest BCUT2D eigenvalue weighted by Crippen LogP contribution is 2.21. The summed E-state index contributed by atoms with van der Waals surface area (Å²) in [7, 11) is 0. The van der Waals surface area contributed by atoms with E-state index in [0.29, 0.717) is 11.3 Å². The van der Waals surface area contributed by atoms with Crippen LogP contribution in [0.25, 0.3) is 16.9 Å². The van der Waals surface area contributed by atoms with Crippen molar-refractivity contribution in [1.29, 1.82) is 0 Å². The molecule has 0 atom stereocenters. The quantitative estimate of drug-likeness (QED) is 0.694. The maximum absolute atomic E-state index is 12.8. The molecule has 0 amide bonds. The van der Waals surface area contributed by atoms with E-state index in [-0.39, 0.29) is 5.82 Å². The molecule has 1 aromatic carbocycles. The van der Waals surface area contributed by atoms with E-state index in [4.69, 9.17) is 5.73 Å². The van der Waals surface area contributed by atoms with Gasteiger partial charge >= 0.3 is 0 Å². The first kappa shape index (κ1) is 9.84. The van der Waals surface area contributed by atoms with Crippen LogP contribution >= 0.6 is 0 Å². The number of nitrogen functional groups attached to an aromatic ring is 1. The number of hydrogen-bond donors (Lipinski definition) is 1. The Labute approximate surface area is 97.3 Å². The van der Waals surface area contributed by atoms with E-state index in [1.165, 1.54) is 12.1 Å². The summed E-state index contributed by atoms with van der Waals surface area (Å²) in [5, 5.41) is 0. The lowest BCUT2D eigenvalue weighted by Crippen LogP contribution is -1.90. The molecule has 17 heavy (non-hydrogen) atoms. The first-order valence-electron chi connectivity index (χ1n) is 5.23. The molecular formula is C13H10FN3. The van der Waals surface area contributed by atoms with Gasteiger partial charge in [0.25, 0.3) is 0 Å². The Morgan fingerprint density at radius 3 is 2.59 bits per heavy atom. The van der Waals surface area contributed by atoms with Crippen molar-refractivity contribution >= 4 is 11.3 Å². The Bertz CT molecular complexity index is 671. The molecule has 0 bridgehead atoms. The Hall–Kier alpha value is -2.36. The number of nitrogens with two attached hydrogens (primary N) is 1. The fourth-order valence-corrected chi connectivity index (χ4v) is 1.79. The van der Waals surface area contributed by atoms with Gasteiger partial charge in [0.15, 0.2) is 5.65 Å². The van der Waals surface area contributed by atoms with Crippen LogP contribution in [0.2, 0.25) is 0 Å². The van der Waals surface area contributed by atoms with Crippen molar-refractivity contribution < 1.29 is 4.39 Å². The number of fused-ring (bicyclic) bond motifs is 1. The van der Waals surface area contributed by atoms with Crippen molar-refractivity contribution in [1.82, 2.24) is 9.38 Å². The molecule has 0 radical (unpaired) electrons. The van der Waals surface area contributed by atoms with Gasteiger partial charge in [-0.1, -0.05) is 0 Å². The maximum Gasteiger partial charge on any atom is 0.160 e. The third-order valence-corrected chi connectivity index (χ3v) is 2.65. The average Bonchev–Trinajstić information content (AvgIpc) is 2.75. The average molecular weight is 227 g/mol. The van der Waals surface area contributed by atoms with E-state index >= 15 is 0 Å². The van der Waals surface area contributed by atoms with E-state index < -0.39 is 0 Å². The van der Waals surface area contributed by atoms with Gasteiger partial charge in [-0.2, -0.15) is 0 Å². The van der Waals surface area contributed by atoms with Crippen LogP contribution in [-0.2, 0) is 0 Å². The van der Waals surface area contributed by atoms with Gasteiger partial charge in [-0.25, -0.2) is 9.37 Å². The summed E-state index contributed by atoms with van der Waals surface area (Å²) >= 11 is 0. The highest BCUT2D eigenvalue weighted by Gasteiger charge is 2.06. The first-order valence-corrected chi connectivity index (χ1v) is 5.23. The number of imidazole rings is 1. The van der Waals surface area contributed by atoms with Gasteiger partial charge in [0.1, 0.15) is 5.82 Å². The van der Waals surface area contributed by atoms with Crippen LogP contribution in [0.4, 0.5) is 10.1 Å². The van der Waals surface area contributed by atoms with E-state index in [1.807, 2.05) is 22.9 Å². The summed E-state index contributed by atoms with van der Waals surface area (Å²) in [5.41, 5.74) is 8.82. The van der Waals surface area contributed by atoms with Crippen LogP contribution in [0.3, 0.4) is 0 Å². The van der Waals surface area contributed by atoms with Gasteiger partial charge < -0.3 is 10.1 Å². The van der Waals surface area contributed by atoms with Crippen molar-refractivity contribution in [3.8, 4) is 11.3 Å². The highest BCUT2D eigenvalue weighted by molar-refractivity contribution is 5.70. The largest absolute Gasteiger partial charge is 0.396 e. The van der Waals surface area contributed by atoms with Gasteiger partial charge in [-0.15, -0.1) is 0 Å². The molecule has 84 valence electrons. The molecule has 0 saturated heterocycles. The zero-order valence-corrected chi connectivity index (χ0v) is 8.97. The van der Waals surface area contributed by atoms with E-state index in [2.05, 4.69) is 4.98 Å². The van der Waals surface area contributed by atoms with E-state index in [1.54, 1.807) is 18.2 Å². The number of anilines is 1. The van der Waals surface area contributed by atoms with Crippen molar-refractivity contribution in [3.63, 3.8) is 0 Å². The molecule has 0 aliphatic rings. The lowest BCUT2D eigenvalue weighted by atomic mass is 10.2. The number of halogens is 1. The number of nitrogens with zero attached hydrogens (tertiary/aromatic N) is 2. The molecule has 0 fully saturated rings. The van der Waals surface area contributed by atoms with Gasteiger partial charge in [-0.3, -0.25) is 0 Å². The molecule has 0 aliphatic heterocycles. The summed E-state index contributed by atoms with van der Waals surface area (Å²) < 4.78 is 14.7. The lowest BCUT2D eigenvalue weighted by molar-refractivity contribution is 0.628. The minimum atomic E-state index is -0.253. The van der Waals surface area contributed by atoms with Crippen LogP contribution in [-0.4, -0.2) is 9.38 Å². The lowest BCUT2D eigenvalue weighted by Gasteiger charge is -1.94. The summed E-state index contributed by atoms with van der Waals surface area (Å²) in [6.45, 7) is 0. The molecule has 0 unspecified atom stereocenters. The van der Waals surface area contributed by atoms with Crippen LogP contribution in [0, 0.1) is 5.82 Å². The minimum Gasteiger partial charge on any atom is -0.396 e. The van der Waals surface area contributed by atoms with Crippen LogP contribution in [0.1, 0.15) is 0 Å². The van der Waals surface area contributed by atoms with Crippen LogP contribution in [0.15, 0.2) is 48.8 Å². The predicted octanol–water partition coefficient (Wildman–Crippen LogP) is 2.72. The molecule has 3 rings (SSSR count). The Morgan fingerprint density at radius 1 is 1.12 bits per heavy atom. The second-order valence-corrected chi connectivity index (χ2v) is 3.83. The van der Waals surface area contributed by atoms with Crippen molar-refractivity contribution in [2.45, 2.75) is 0 Å². The van der Waals surface area contributed by atoms with Crippen molar-refractivity contribution in [3.05, 3.63) is 54.6 Å². The zero-order chi connectivity index (χ0) is 11.8. The molecule has 0 aliphatic carbocycles. The molecule has 2 aromatic heterocycles. The summed E-state index contributed by atoms with van der Waals surface area (Å²) in [6, 6.07) is 9.90. The summed E-state index contributed by atoms with van der Waals surface area (Å²) in [5.74, 6) is -0.253. The van der Waals surface area contributed by atoms with Crippen molar-refractivity contribution in [2.24, 2.45) is 0 Å². The molecule has 0 saturated carbocycles. The Kier molecular flexibility index (Phi) is 2.08. The molecule has 3 aromatic rings. The SMILES string of the molecule is Nc1cccn2cc(-c3ccc(F)cc3)nc12. The molecule has 4 heteroatoms. The number of pyridine rings is 1. The van der Waals surface area contributed by atoms with E-state index in [9.17, 15) is 4.39 Å². The first-order chi connectivity index (χ1) is 8.24. The zero-order valence-electron chi connectivity index (χ0n) is 8.97. The summed E-state index contributed by atoms with van der Waals surface area (Å²) in [6.07, 6.45) is 3.75. The second-order valence-electron chi connectivity index (χ2n) is 3.83. The van der Waals surface area contributed by atoms with Crippen LogP contribution in [0.5, 0.6) is 0 Å². The standard InChI is InChI=1S/C13H10FN3/c14-10-5-3-9(4-6-10)12-8-17-7-1-2-11(15)13(17)16-12/h1-8H,15H2. The smallest absolute Gasteiger partial charge is 0.160 e. The fraction of sp³-hybridized carbons (Fsp3) is 0. The fourth-order valence-electron chi connectivity index (χ4n) is 1.79. The topological polar surface area (TPSA) is 43.3 Å². The number of aromatic nitrogens is 2. The number of hydrogen-bond acceptors (Lipinski definition) is 2. The van der Waals surface area contributed by atoms with Gasteiger partial charge in [0.05, 0.1) is 11.4 Å². The minimum absolute atomic E-state index is 0.253. The Balaban J connectivity index is 2.18. The molecule has 2 heterocycles. The third kappa shape index (κ3) is 1.63. The Morgan fingerprint density at radius 2 is 1.88 bits per heavy atom. The van der Waals surface area contributed by atoms with Crippen molar-refractivity contribution in [2.75, 3.05) is 5.73 Å². The monoisotopic (exact) mass is 227 g/mol. The molecule has 2 N–H and O–H groups in total. The molecule has 3 nitrogen and oxygen atoms in total. The van der Waals surface area contributed by atoms with Gasteiger partial charge in [0, 0.05) is 18.0 Å².